The number of aromatic amines is 1. The van der Waals surface area contributed by atoms with Crippen LogP contribution in [0.2, 0.25) is 0 Å². The minimum absolute atomic E-state index is 0.0100. The van der Waals surface area contributed by atoms with Gasteiger partial charge in [0.25, 0.3) is 0 Å². The fourth-order valence-electron chi connectivity index (χ4n) is 9.06. The van der Waals surface area contributed by atoms with Crippen LogP contribution < -0.4 is 22.1 Å². The highest BCUT2D eigenvalue weighted by Gasteiger charge is 2.61. The molecule has 65 heavy (non-hydrogen) atoms. The number of aromatic nitrogens is 1. The number of benzene rings is 5. The summed E-state index contributed by atoms with van der Waals surface area (Å²) in [6.45, 7) is 5.04. The molecule has 6 atom stereocenters. The van der Waals surface area contributed by atoms with Gasteiger partial charge in [0.05, 0.1) is 18.5 Å². The topological polar surface area (TPSA) is 213 Å². The van der Waals surface area contributed by atoms with Crippen molar-refractivity contribution in [2.45, 2.75) is 89.1 Å². The molecule has 13 heteroatoms. The molecule has 7 rings (SSSR count). The Morgan fingerprint density at radius 2 is 1.43 bits per heavy atom. The maximum absolute atomic E-state index is 15.4. The van der Waals surface area contributed by atoms with Crippen LogP contribution in [0.1, 0.15) is 68.2 Å². The Morgan fingerprint density at radius 3 is 2.15 bits per heavy atom. The Balaban J connectivity index is 1.23. The van der Waals surface area contributed by atoms with E-state index in [1.807, 2.05) is 84.9 Å². The average molecular weight is 878 g/mol. The third-order valence-electron chi connectivity index (χ3n) is 12.1. The predicted molar refractivity (Wildman–Crippen MR) is 247 cm³/mol. The van der Waals surface area contributed by atoms with Crippen molar-refractivity contribution < 1.29 is 38.2 Å². The molecular weight excluding hydrogens is 823 g/mol. The second kappa shape index (κ2) is 19.8. The molecule has 0 spiro atoms. The minimum atomic E-state index is -2.08. The Kier molecular flexibility index (Phi) is 14.0. The molecule has 7 N–H and O–H groups in total. The summed E-state index contributed by atoms with van der Waals surface area (Å²) in [5, 5.41) is 7.89. The number of imide groups is 1. The number of esters is 1. The highest BCUT2D eigenvalue weighted by Crippen LogP contribution is 2.55. The average Bonchev–Trinajstić information content (AvgIpc) is 3.90. The zero-order chi connectivity index (χ0) is 46.3. The lowest BCUT2D eigenvalue weighted by Crippen LogP contribution is -2.59. The zero-order valence-electron chi connectivity index (χ0n) is 36.8. The quantitative estimate of drug-likeness (QED) is 0.0510. The number of carbonyl (C=O) groups is 6. The van der Waals surface area contributed by atoms with Crippen molar-refractivity contribution in [3.8, 4) is 0 Å². The SMILES string of the molecule is CC(C)(C)OC(=O)N[C@@H](Cc1c[nH]c2ccccc12)C(=O)NC(=O)[C@]1(C(=O)[C@@H](N)Cc2ccc3ccccc3c2)CCC(C(=O)[C@@H](N)CC(=O)OCc2ccccc2)[C@@H]1c1ccccc1. The third kappa shape index (κ3) is 10.7. The van der Waals surface area contributed by atoms with Crippen molar-refractivity contribution in [1.29, 1.82) is 0 Å². The van der Waals surface area contributed by atoms with Gasteiger partial charge < -0.3 is 31.2 Å². The molecule has 1 heterocycles. The number of nitrogens with two attached hydrogens (primary N) is 2. The number of hydrogen-bond donors (Lipinski definition) is 5. The molecule has 6 aromatic rings. The molecule has 1 aromatic heterocycles. The first-order valence-electron chi connectivity index (χ1n) is 21.8. The van der Waals surface area contributed by atoms with E-state index in [0.29, 0.717) is 11.1 Å². The van der Waals surface area contributed by atoms with E-state index in [1.54, 1.807) is 69.4 Å². The van der Waals surface area contributed by atoms with Crippen LogP contribution in [0.5, 0.6) is 0 Å². The van der Waals surface area contributed by atoms with Crippen molar-refractivity contribution in [3.63, 3.8) is 0 Å². The first-order chi connectivity index (χ1) is 31.1. The first kappa shape index (κ1) is 46.0. The number of hydrogen-bond acceptors (Lipinski definition) is 10. The normalized spacial score (nSPS) is 18.6. The molecule has 1 saturated carbocycles. The van der Waals surface area contributed by atoms with Gasteiger partial charge in [-0.05, 0) is 79.1 Å². The van der Waals surface area contributed by atoms with Gasteiger partial charge in [-0.3, -0.25) is 29.3 Å². The number of ketones is 2. The number of carbonyl (C=O) groups excluding carboxylic acids is 6. The number of Topliss-reactive ketones (excluding diaryl/α,β-unsaturated/α-hetero) is 2. The van der Waals surface area contributed by atoms with Gasteiger partial charge >= 0.3 is 12.1 Å². The molecule has 13 nitrogen and oxygen atoms in total. The van der Waals surface area contributed by atoms with Gasteiger partial charge in [-0.25, -0.2) is 4.79 Å². The van der Waals surface area contributed by atoms with Gasteiger partial charge in [-0.2, -0.15) is 0 Å². The lowest BCUT2D eigenvalue weighted by Gasteiger charge is -2.37. The Hall–Kier alpha value is -6.96. The van der Waals surface area contributed by atoms with E-state index in [4.69, 9.17) is 20.9 Å². The van der Waals surface area contributed by atoms with Crippen LogP contribution in [0.4, 0.5) is 4.79 Å². The van der Waals surface area contributed by atoms with E-state index in [-0.39, 0.29) is 32.3 Å². The Labute approximate surface area is 377 Å². The van der Waals surface area contributed by atoms with E-state index < -0.39 is 82.8 Å². The molecule has 1 unspecified atom stereocenters. The summed E-state index contributed by atoms with van der Waals surface area (Å²) in [4.78, 5) is 89.3. The maximum atomic E-state index is 15.4. The molecule has 1 aliphatic carbocycles. The van der Waals surface area contributed by atoms with Crippen molar-refractivity contribution in [3.05, 3.63) is 156 Å². The van der Waals surface area contributed by atoms with Crippen LogP contribution in [0.3, 0.4) is 0 Å². The predicted octanol–water partition coefficient (Wildman–Crippen LogP) is 6.75. The summed E-state index contributed by atoms with van der Waals surface area (Å²) in [5.41, 5.74) is 13.8. The molecule has 0 bridgehead atoms. The highest BCUT2D eigenvalue weighted by molar-refractivity contribution is 6.15. The van der Waals surface area contributed by atoms with Gasteiger partial charge in [0, 0.05) is 35.4 Å². The highest BCUT2D eigenvalue weighted by atomic mass is 16.6. The van der Waals surface area contributed by atoms with Crippen LogP contribution >= 0.6 is 0 Å². The van der Waals surface area contributed by atoms with E-state index in [0.717, 1.165) is 32.8 Å². The summed E-state index contributed by atoms with van der Waals surface area (Å²) >= 11 is 0. The number of ether oxygens (including phenoxy) is 2. The number of rotatable bonds is 16. The van der Waals surface area contributed by atoms with Crippen molar-refractivity contribution >= 4 is 57.1 Å². The van der Waals surface area contributed by atoms with Crippen LogP contribution in [-0.2, 0) is 52.9 Å². The Morgan fingerprint density at radius 1 is 0.769 bits per heavy atom. The minimum Gasteiger partial charge on any atom is -0.461 e. The van der Waals surface area contributed by atoms with Crippen molar-refractivity contribution in [2.75, 3.05) is 0 Å². The largest absolute Gasteiger partial charge is 0.461 e. The number of amides is 3. The molecule has 5 aromatic carbocycles. The fraction of sp³-hybridized carbons (Fsp3) is 0.308. The Bertz CT molecular complexity index is 2690. The van der Waals surface area contributed by atoms with Gasteiger partial charge in [-0.15, -0.1) is 0 Å². The summed E-state index contributed by atoms with van der Waals surface area (Å²) in [6, 6.07) is 34.7. The van der Waals surface area contributed by atoms with Gasteiger partial charge in [0.2, 0.25) is 11.8 Å². The molecule has 1 fully saturated rings. The second-order valence-electron chi connectivity index (χ2n) is 17.8. The summed E-state index contributed by atoms with van der Waals surface area (Å²) in [6.07, 6.45) is 0.215. The van der Waals surface area contributed by atoms with E-state index >= 15 is 9.59 Å². The molecule has 0 saturated heterocycles. The standard InChI is InChI=1S/C52H55N5O8/c1-51(2,3)65-50(63)56-43(28-37-30-55-42-21-13-12-20-38(37)42)48(61)57-49(62)52(47(60)41(54)27-33-22-23-34-16-10-11-19-36(34)26-33)25-24-39(45(52)35-17-8-5-9-18-35)46(59)40(53)29-44(58)64-31-32-14-6-4-7-15-32/h4-23,26,30,39-41,43,45,55H,24-25,27-29,31,53-54H2,1-3H3,(H,56,63)(H,57,61,62)/t39?,40-,41-,43-,45-,52+/m0/s1. The lowest BCUT2D eigenvalue weighted by molar-refractivity contribution is -0.149. The number of fused-ring (bicyclic) bond motifs is 2. The van der Waals surface area contributed by atoms with Crippen molar-refractivity contribution in [1.82, 2.24) is 15.6 Å². The van der Waals surface area contributed by atoms with E-state index in [2.05, 4.69) is 15.6 Å². The van der Waals surface area contributed by atoms with Crippen molar-refractivity contribution in [2.24, 2.45) is 22.8 Å². The summed E-state index contributed by atoms with van der Waals surface area (Å²) in [5.74, 6) is -5.99. The molecule has 0 radical (unpaired) electrons. The first-order valence-corrected chi connectivity index (χ1v) is 21.8. The lowest BCUT2D eigenvalue weighted by atomic mass is 9.65. The summed E-state index contributed by atoms with van der Waals surface area (Å²) in [7, 11) is 0. The van der Waals surface area contributed by atoms with Gasteiger partial charge in [0.15, 0.2) is 11.6 Å². The van der Waals surface area contributed by atoms with Crippen LogP contribution in [0.15, 0.2) is 134 Å². The maximum Gasteiger partial charge on any atom is 0.408 e. The second-order valence-corrected chi connectivity index (χ2v) is 17.8. The van der Waals surface area contributed by atoms with E-state index in [9.17, 15) is 19.2 Å². The molecule has 336 valence electrons. The smallest absolute Gasteiger partial charge is 0.408 e. The van der Waals surface area contributed by atoms with Crippen LogP contribution in [0, 0.1) is 11.3 Å². The van der Waals surface area contributed by atoms with Crippen LogP contribution in [0.25, 0.3) is 21.7 Å². The summed E-state index contributed by atoms with van der Waals surface area (Å²) < 4.78 is 11.0. The zero-order valence-corrected chi connectivity index (χ0v) is 36.8. The molecule has 0 aliphatic heterocycles. The van der Waals surface area contributed by atoms with Gasteiger partial charge in [0.1, 0.15) is 23.7 Å². The number of H-pyrrole nitrogens is 1. The monoisotopic (exact) mass is 877 g/mol. The molecular formula is C52H55N5O8. The molecule has 1 aliphatic rings. The number of nitrogens with one attached hydrogen (secondary N) is 3. The number of para-hydroxylation sites is 1. The van der Waals surface area contributed by atoms with E-state index in [1.165, 1.54) is 0 Å². The van der Waals surface area contributed by atoms with Crippen LogP contribution in [-0.4, -0.2) is 64.2 Å². The van der Waals surface area contributed by atoms with Gasteiger partial charge in [-0.1, -0.05) is 121 Å². The fourth-order valence-corrected chi connectivity index (χ4v) is 9.06. The number of alkyl carbamates (subject to hydrolysis) is 1. The third-order valence-corrected chi connectivity index (χ3v) is 12.1. The molecule has 3 amide bonds.